The van der Waals surface area contributed by atoms with E-state index in [-0.39, 0.29) is 6.03 Å². The molecule has 1 aliphatic rings. The summed E-state index contributed by atoms with van der Waals surface area (Å²) in [6.07, 6.45) is 4.54. The molecule has 1 fully saturated rings. The summed E-state index contributed by atoms with van der Waals surface area (Å²) in [4.78, 5) is 17.9. The number of hydrogen-bond donors (Lipinski definition) is 2. The normalized spacial score (nSPS) is 18.7. The van der Waals surface area contributed by atoms with E-state index < -0.39 is 0 Å². The van der Waals surface area contributed by atoms with E-state index in [1.54, 1.807) is 6.20 Å². The lowest BCUT2D eigenvalue weighted by atomic mass is 10.2. The smallest absolute Gasteiger partial charge is 0.317 e. The minimum Gasteiger partial charge on any atom is -0.379 e. The third-order valence-corrected chi connectivity index (χ3v) is 3.17. The molecule has 19 heavy (non-hydrogen) atoms. The lowest BCUT2D eigenvalue weighted by Crippen LogP contribution is -2.41. The van der Waals surface area contributed by atoms with Gasteiger partial charge in [0.25, 0.3) is 0 Å². The molecule has 1 aromatic heterocycles. The molecule has 2 N–H and O–H groups in total. The van der Waals surface area contributed by atoms with Gasteiger partial charge in [-0.15, -0.1) is 0 Å². The van der Waals surface area contributed by atoms with Crippen molar-refractivity contribution in [2.45, 2.75) is 26.3 Å². The number of nitrogens with one attached hydrogen (secondary N) is 2. The average Bonchev–Trinajstić information content (AvgIpc) is 2.85. The molecular formula is C14H22N4O. The molecule has 5 heteroatoms. The van der Waals surface area contributed by atoms with Gasteiger partial charge in [0.2, 0.25) is 0 Å². The second-order valence-electron chi connectivity index (χ2n) is 5.40. The number of hydrogen-bond acceptors (Lipinski definition) is 3. The largest absolute Gasteiger partial charge is 0.379 e. The van der Waals surface area contributed by atoms with Crippen LogP contribution < -0.4 is 10.6 Å². The van der Waals surface area contributed by atoms with E-state index in [0.29, 0.717) is 12.0 Å². The molecule has 0 aromatic carbocycles. The topological polar surface area (TPSA) is 57.3 Å². The first-order valence-corrected chi connectivity index (χ1v) is 6.84. The van der Waals surface area contributed by atoms with Crippen LogP contribution in [0.5, 0.6) is 0 Å². The minimum atomic E-state index is 0.0455. The molecule has 1 atom stereocenters. The summed E-state index contributed by atoms with van der Waals surface area (Å²) in [5.41, 5.74) is 1.01. The number of likely N-dealkylation sites (tertiary alicyclic amines) is 1. The Morgan fingerprint density at radius 3 is 3.11 bits per heavy atom. The van der Waals surface area contributed by atoms with E-state index in [4.69, 9.17) is 0 Å². The van der Waals surface area contributed by atoms with Crippen LogP contribution in [-0.4, -0.2) is 41.6 Å². The molecule has 104 valence electrons. The Morgan fingerprint density at radius 2 is 2.42 bits per heavy atom. The van der Waals surface area contributed by atoms with Crippen molar-refractivity contribution < 1.29 is 4.79 Å². The van der Waals surface area contributed by atoms with Gasteiger partial charge in [0, 0.05) is 38.1 Å². The maximum Gasteiger partial charge on any atom is 0.317 e. The van der Waals surface area contributed by atoms with Gasteiger partial charge in [-0.05, 0) is 24.5 Å². The summed E-state index contributed by atoms with van der Waals surface area (Å²) < 4.78 is 0. The van der Waals surface area contributed by atoms with Crippen LogP contribution >= 0.6 is 0 Å². The van der Waals surface area contributed by atoms with E-state index in [2.05, 4.69) is 29.5 Å². The highest BCUT2D eigenvalue weighted by Crippen LogP contribution is 2.14. The zero-order valence-electron chi connectivity index (χ0n) is 11.6. The van der Waals surface area contributed by atoms with Crippen LogP contribution in [0, 0.1) is 5.92 Å². The van der Waals surface area contributed by atoms with Gasteiger partial charge in [0.05, 0.1) is 5.69 Å². The van der Waals surface area contributed by atoms with Crippen molar-refractivity contribution in [1.29, 1.82) is 0 Å². The quantitative estimate of drug-likeness (QED) is 0.871. The van der Waals surface area contributed by atoms with Crippen LogP contribution in [-0.2, 0) is 0 Å². The lowest BCUT2D eigenvalue weighted by molar-refractivity contribution is 0.207. The molecule has 1 aromatic rings. The Morgan fingerprint density at radius 1 is 1.58 bits per heavy atom. The van der Waals surface area contributed by atoms with Crippen molar-refractivity contribution in [2.24, 2.45) is 5.92 Å². The molecule has 0 bridgehead atoms. The first-order valence-electron chi connectivity index (χ1n) is 6.84. The molecular weight excluding hydrogens is 240 g/mol. The highest BCUT2D eigenvalue weighted by Gasteiger charge is 2.25. The van der Waals surface area contributed by atoms with Crippen molar-refractivity contribution in [3.8, 4) is 0 Å². The number of carbonyl (C=O) groups excluding carboxylic acids is 1. The third-order valence-electron chi connectivity index (χ3n) is 3.17. The first kappa shape index (κ1) is 13.6. The maximum absolute atomic E-state index is 11.9. The van der Waals surface area contributed by atoms with Gasteiger partial charge in [-0.2, -0.15) is 0 Å². The highest BCUT2D eigenvalue weighted by atomic mass is 16.2. The summed E-state index contributed by atoms with van der Waals surface area (Å²) in [6.45, 7) is 6.48. The van der Waals surface area contributed by atoms with Gasteiger partial charge < -0.3 is 15.5 Å². The van der Waals surface area contributed by atoms with Crippen LogP contribution in [0.4, 0.5) is 10.5 Å². The number of pyridine rings is 1. The van der Waals surface area contributed by atoms with Gasteiger partial charge in [0.1, 0.15) is 0 Å². The van der Waals surface area contributed by atoms with Gasteiger partial charge >= 0.3 is 6.03 Å². The fraction of sp³-hybridized carbons (Fsp3) is 0.571. The van der Waals surface area contributed by atoms with E-state index in [9.17, 15) is 4.79 Å². The predicted octanol–water partition coefficient (Wildman–Crippen LogP) is 1.93. The summed E-state index contributed by atoms with van der Waals surface area (Å²) in [5.74, 6) is 0.482. The highest BCUT2D eigenvalue weighted by molar-refractivity contribution is 5.74. The second-order valence-corrected chi connectivity index (χ2v) is 5.40. The second kappa shape index (κ2) is 6.41. The Kier molecular flexibility index (Phi) is 4.60. The van der Waals surface area contributed by atoms with Crippen molar-refractivity contribution in [2.75, 3.05) is 25.0 Å². The fourth-order valence-corrected chi connectivity index (χ4v) is 2.15. The Hall–Kier alpha value is -1.78. The van der Waals surface area contributed by atoms with E-state index >= 15 is 0 Å². The molecule has 1 saturated heterocycles. The summed E-state index contributed by atoms with van der Waals surface area (Å²) in [6, 6.07) is 4.26. The van der Waals surface area contributed by atoms with E-state index in [1.807, 2.05) is 23.2 Å². The van der Waals surface area contributed by atoms with E-state index in [1.165, 1.54) is 0 Å². The van der Waals surface area contributed by atoms with Gasteiger partial charge in [0.15, 0.2) is 0 Å². The van der Waals surface area contributed by atoms with Crippen molar-refractivity contribution in [1.82, 2.24) is 15.2 Å². The molecule has 1 unspecified atom stereocenters. The van der Waals surface area contributed by atoms with E-state index in [0.717, 1.165) is 31.7 Å². The summed E-state index contributed by atoms with van der Waals surface area (Å²) in [7, 11) is 0. The molecule has 5 nitrogen and oxygen atoms in total. The van der Waals surface area contributed by atoms with Crippen molar-refractivity contribution >= 4 is 11.7 Å². The summed E-state index contributed by atoms with van der Waals surface area (Å²) >= 11 is 0. The van der Waals surface area contributed by atoms with Crippen LogP contribution in [0.25, 0.3) is 0 Å². The number of amides is 2. The summed E-state index contributed by atoms with van der Waals surface area (Å²) in [5, 5.41) is 6.36. The monoisotopic (exact) mass is 262 g/mol. The van der Waals surface area contributed by atoms with Gasteiger partial charge in [-0.1, -0.05) is 13.8 Å². The molecule has 0 radical (unpaired) electrons. The molecule has 0 spiro atoms. The predicted molar refractivity (Wildman–Crippen MR) is 76.1 cm³/mol. The first-order chi connectivity index (χ1) is 9.15. The number of aromatic nitrogens is 1. The number of anilines is 1. The number of nitrogens with zero attached hydrogens (tertiary/aromatic N) is 2. The van der Waals surface area contributed by atoms with Gasteiger partial charge in [-0.3, -0.25) is 4.98 Å². The molecule has 1 aliphatic heterocycles. The lowest BCUT2D eigenvalue weighted by Gasteiger charge is -2.19. The molecule has 2 rings (SSSR count). The average molecular weight is 262 g/mol. The molecule has 0 aliphatic carbocycles. The van der Waals surface area contributed by atoms with Crippen LogP contribution in [0.2, 0.25) is 0 Å². The van der Waals surface area contributed by atoms with Crippen molar-refractivity contribution in [3.05, 3.63) is 24.5 Å². The molecule has 2 amide bonds. The number of carbonyl (C=O) groups is 1. The van der Waals surface area contributed by atoms with Crippen molar-refractivity contribution in [3.63, 3.8) is 0 Å². The zero-order valence-corrected chi connectivity index (χ0v) is 11.6. The Labute approximate surface area is 114 Å². The van der Waals surface area contributed by atoms with Gasteiger partial charge in [-0.25, -0.2) is 4.79 Å². The molecule has 0 saturated carbocycles. The van der Waals surface area contributed by atoms with Crippen LogP contribution in [0.3, 0.4) is 0 Å². The van der Waals surface area contributed by atoms with Crippen LogP contribution in [0.15, 0.2) is 24.5 Å². The Bertz CT molecular complexity index is 407. The SMILES string of the molecule is CC(C)CNC(=O)N1CCC(Nc2cccnc2)C1. The number of urea groups is 1. The fourth-order valence-electron chi connectivity index (χ4n) is 2.15. The Balaban J connectivity index is 1.78. The minimum absolute atomic E-state index is 0.0455. The standard InChI is InChI=1S/C14H22N4O/c1-11(2)8-16-14(19)18-7-5-13(10-18)17-12-4-3-6-15-9-12/h3-4,6,9,11,13,17H,5,7-8,10H2,1-2H3,(H,16,19). The zero-order chi connectivity index (χ0) is 13.7. The third kappa shape index (κ3) is 4.12. The number of rotatable bonds is 4. The maximum atomic E-state index is 11.9. The molecule has 2 heterocycles. The van der Waals surface area contributed by atoms with Crippen LogP contribution in [0.1, 0.15) is 20.3 Å².